The standard InChI is InChI=1S/C21H17Cl3N2O3S/c22-16-12-18(24)19(13-17(16)23)25-21(27)20(11-14-7-3-1-4-8-14)26-30(28,29)15-9-5-2-6-10-15/h1-10,12-13,20,26H,11H2,(H,25,27)/t20-/m0/s1. The third kappa shape index (κ3) is 5.74. The molecule has 9 heteroatoms. The maximum Gasteiger partial charge on any atom is 0.242 e. The Hall–Kier alpha value is -2.09. The van der Waals surface area contributed by atoms with Gasteiger partial charge in [0.05, 0.1) is 25.7 Å². The van der Waals surface area contributed by atoms with Crippen LogP contribution in [0.1, 0.15) is 5.56 Å². The highest BCUT2D eigenvalue weighted by molar-refractivity contribution is 7.89. The molecule has 0 heterocycles. The van der Waals surface area contributed by atoms with Crippen LogP contribution in [0.25, 0.3) is 0 Å². The van der Waals surface area contributed by atoms with Crippen LogP contribution in [0.2, 0.25) is 15.1 Å². The molecule has 0 saturated heterocycles. The minimum Gasteiger partial charge on any atom is -0.323 e. The van der Waals surface area contributed by atoms with Gasteiger partial charge in [-0.3, -0.25) is 4.79 Å². The Morgan fingerprint density at radius 1 is 0.833 bits per heavy atom. The number of anilines is 1. The lowest BCUT2D eigenvalue weighted by molar-refractivity contribution is -0.117. The van der Waals surface area contributed by atoms with Crippen molar-refractivity contribution in [2.24, 2.45) is 0 Å². The molecule has 0 aliphatic carbocycles. The highest BCUT2D eigenvalue weighted by atomic mass is 35.5. The fourth-order valence-electron chi connectivity index (χ4n) is 2.73. The zero-order chi connectivity index (χ0) is 21.7. The van der Waals surface area contributed by atoms with E-state index in [0.29, 0.717) is 0 Å². The fourth-order valence-corrected chi connectivity index (χ4v) is 4.54. The molecule has 0 aromatic heterocycles. The molecule has 1 amide bonds. The third-order valence-corrected chi connectivity index (χ3v) is 6.74. The Morgan fingerprint density at radius 3 is 2.03 bits per heavy atom. The summed E-state index contributed by atoms with van der Waals surface area (Å²) in [5, 5.41) is 3.26. The fraction of sp³-hybridized carbons (Fsp3) is 0.0952. The van der Waals surface area contributed by atoms with Crippen molar-refractivity contribution in [1.82, 2.24) is 4.72 Å². The number of hydrogen-bond donors (Lipinski definition) is 2. The highest BCUT2D eigenvalue weighted by Gasteiger charge is 2.26. The minimum atomic E-state index is -3.93. The number of nitrogens with one attached hydrogen (secondary N) is 2. The van der Waals surface area contributed by atoms with Crippen molar-refractivity contribution >= 4 is 56.4 Å². The zero-order valence-electron chi connectivity index (χ0n) is 15.5. The molecule has 0 saturated carbocycles. The summed E-state index contributed by atoms with van der Waals surface area (Å²) in [5.74, 6) is -0.585. The van der Waals surface area contributed by atoms with E-state index in [0.717, 1.165) is 5.56 Å². The van der Waals surface area contributed by atoms with Crippen LogP contribution in [0.5, 0.6) is 0 Å². The van der Waals surface area contributed by atoms with E-state index in [1.54, 1.807) is 18.2 Å². The number of amides is 1. The molecule has 5 nitrogen and oxygen atoms in total. The van der Waals surface area contributed by atoms with E-state index < -0.39 is 22.0 Å². The van der Waals surface area contributed by atoms with Crippen molar-refractivity contribution in [1.29, 1.82) is 0 Å². The molecule has 2 N–H and O–H groups in total. The smallest absolute Gasteiger partial charge is 0.242 e. The average molecular weight is 484 g/mol. The average Bonchev–Trinajstić information content (AvgIpc) is 2.73. The van der Waals surface area contributed by atoms with E-state index in [1.165, 1.54) is 24.3 Å². The van der Waals surface area contributed by atoms with Crippen molar-refractivity contribution in [3.8, 4) is 0 Å². The van der Waals surface area contributed by atoms with Crippen LogP contribution in [-0.2, 0) is 21.2 Å². The molecule has 0 fully saturated rings. The molecule has 0 bridgehead atoms. The van der Waals surface area contributed by atoms with Crippen LogP contribution in [0.3, 0.4) is 0 Å². The number of carbonyl (C=O) groups is 1. The van der Waals surface area contributed by atoms with E-state index in [2.05, 4.69) is 10.0 Å². The van der Waals surface area contributed by atoms with Crippen LogP contribution < -0.4 is 10.0 Å². The third-order valence-electron chi connectivity index (χ3n) is 4.22. The van der Waals surface area contributed by atoms with E-state index in [-0.39, 0.29) is 32.1 Å². The summed E-state index contributed by atoms with van der Waals surface area (Å²) < 4.78 is 28.1. The zero-order valence-corrected chi connectivity index (χ0v) is 18.6. The van der Waals surface area contributed by atoms with E-state index in [4.69, 9.17) is 34.8 Å². The molecular weight excluding hydrogens is 467 g/mol. The lowest BCUT2D eigenvalue weighted by Gasteiger charge is -2.19. The van der Waals surface area contributed by atoms with Gasteiger partial charge < -0.3 is 5.32 Å². The van der Waals surface area contributed by atoms with Gasteiger partial charge >= 0.3 is 0 Å². The normalized spacial score (nSPS) is 12.4. The second-order valence-corrected chi connectivity index (χ2v) is 9.35. The van der Waals surface area contributed by atoms with E-state index in [1.807, 2.05) is 30.3 Å². The van der Waals surface area contributed by atoms with Crippen molar-refractivity contribution in [2.45, 2.75) is 17.4 Å². The van der Waals surface area contributed by atoms with Gasteiger partial charge in [0, 0.05) is 0 Å². The molecule has 0 spiro atoms. The molecule has 0 aliphatic rings. The molecule has 3 aromatic carbocycles. The van der Waals surface area contributed by atoms with Crippen LogP contribution in [0.15, 0.2) is 77.7 Å². The first-order chi connectivity index (χ1) is 14.3. The van der Waals surface area contributed by atoms with Gasteiger partial charge in [-0.05, 0) is 36.2 Å². The summed E-state index contributed by atoms with van der Waals surface area (Å²) in [6.07, 6.45) is 0.137. The van der Waals surface area contributed by atoms with Crippen molar-refractivity contribution in [2.75, 3.05) is 5.32 Å². The second kappa shape index (κ2) is 9.81. The van der Waals surface area contributed by atoms with Gasteiger partial charge in [0.2, 0.25) is 15.9 Å². The van der Waals surface area contributed by atoms with Crippen LogP contribution in [0.4, 0.5) is 5.69 Å². The van der Waals surface area contributed by atoms with E-state index >= 15 is 0 Å². The van der Waals surface area contributed by atoms with Gasteiger partial charge in [0.1, 0.15) is 6.04 Å². The number of carbonyl (C=O) groups excluding carboxylic acids is 1. The summed E-state index contributed by atoms with van der Waals surface area (Å²) in [6, 6.07) is 18.6. The lowest BCUT2D eigenvalue weighted by atomic mass is 10.1. The first-order valence-corrected chi connectivity index (χ1v) is 11.4. The molecule has 156 valence electrons. The SMILES string of the molecule is O=C(Nc1cc(Cl)c(Cl)cc1Cl)[C@H](Cc1ccccc1)NS(=O)(=O)c1ccccc1. The number of hydrogen-bond acceptors (Lipinski definition) is 3. The van der Waals surface area contributed by atoms with Crippen LogP contribution in [-0.4, -0.2) is 20.4 Å². The molecule has 0 radical (unpaired) electrons. The molecule has 3 rings (SSSR count). The van der Waals surface area contributed by atoms with Gasteiger partial charge in [0.15, 0.2) is 0 Å². The Balaban J connectivity index is 1.89. The van der Waals surface area contributed by atoms with Crippen LogP contribution in [0, 0.1) is 0 Å². The first kappa shape index (κ1) is 22.6. The van der Waals surface area contributed by atoms with Gasteiger partial charge in [-0.15, -0.1) is 0 Å². The van der Waals surface area contributed by atoms with Crippen LogP contribution >= 0.6 is 34.8 Å². The quantitative estimate of drug-likeness (QED) is 0.455. The van der Waals surface area contributed by atoms with Gasteiger partial charge in [-0.1, -0.05) is 83.3 Å². The Morgan fingerprint density at radius 2 is 1.40 bits per heavy atom. The number of rotatable bonds is 7. The number of sulfonamides is 1. The van der Waals surface area contributed by atoms with Gasteiger partial charge in [0.25, 0.3) is 0 Å². The number of halogens is 3. The predicted molar refractivity (Wildman–Crippen MR) is 121 cm³/mol. The van der Waals surface area contributed by atoms with Gasteiger partial charge in [-0.25, -0.2) is 8.42 Å². The first-order valence-electron chi connectivity index (χ1n) is 8.83. The summed E-state index contributed by atoms with van der Waals surface area (Å²) in [5.41, 5.74) is 1.02. The molecular formula is C21H17Cl3N2O3S. The summed E-state index contributed by atoms with van der Waals surface area (Å²) in [6.45, 7) is 0. The van der Waals surface area contributed by atoms with Gasteiger partial charge in [-0.2, -0.15) is 4.72 Å². The largest absolute Gasteiger partial charge is 0.323 e. The molecule has 30 heavy (non-hydrogen) atoms. The number of benzene rings is 3. The summed E-state index contributed by atoms with van der Waals surface area (Å²) in [7, 11) is -3.93. The van der Waals surface area contributed by atoms with Crippen molar-refractivity contribution in [3.05, 3.63) is 93.4 Å². The van der Waals surface area contributed by atoms with Crippen molar-refractivity contribution < 1.29 is 13.2 Å². The molecule has 0 unspecified atom stereocenters. The Kier molecular flexibility index (Phi) is 7.39. The maximum absolute atomic E-state index is 13.0. The molecule has 0 aliphatic heterocycles. The minimum absolute atomic E-state index is 0.0587. The predicted octanol–water partition coefficient (Wildman–Crippen LogP) is 5.18. The Bertz CT molecular complexity index is 1140. The highest BCUT2D eigenvalue weighted by Crippen LogP contribution is 2.32. The maximum atomic E-state index is 13.0. The van der Waals surface area contributed by atoms with Crippen molar-refractivity contribution in [3.63, 3.8) is 0 Å². The molecule has 3 aromatic rings. The van der Waals surface area contributed by atoms with E-state index in [9.17, 15) is 13.2 Å². The lowest BCUT2D eigenvalue weighted by Crippen LogP contribution is -2.45. The summed E-state index contributed by atoms with van der Waals surface area (Å²) in [4.78, 5) is 13.1. The second-order valence-electron chi connectivity index (χ2n) is 6.41. The summed E-state index contributed by atoms with van der Waals surface area (Å²) >= 11 is 18.1. The Labute approximate surface area is 190 Å². The monoisotopic (exact) mass is 482 g/mol. The molecule has 1 atom stereocenters. The topological polar surface area (TPSA) is 75.3 Å².